The second-order valence-electron chi connectivity index (χ2n) is 0.163. The van der Waals surface area contributed by atoms with Crippen molar-refractivity contribution in [2.75, 3.05) is 0 Å². The predicted molar refractivity (Wildman–Crippen MR) is 16.4 cm³/mol. The van der Waals surface area contributed by atoms with Crippen molar-refractivity contribution < 1.29 is 0 Å². The van der Waals surface area contributed by atoms with Crippen molar-refractivity contribution in [3.8, 4) is 0 Å². The van der Waals surface area contributed by atoms with Gasteiger partial charge in [-0.1, -0.05) is 0 Å². The molecule has 0 amide bonds. The standard InChI is InChI=1S/N2Se2/c3-1-2-4. The molecule has 0 aliphatic heterocycles. The van der Waals surface area contributed by atoms with Gasteiger partial charge in [-0.15, -0.1) is 0 Å². The zero-order valence-electron chi connectivity index (χ0n) is 1.71. The van der Waals surface area contributed by atoms with Crippen LogP contribution in [-0.4, -0.2) is 32.5 Å². The molecule has 0 spiro atoms. The molecule has 0 saturated heterocycles. The monoisotopic (exact) mass is 188 g/mol. The first-order valence-corrected chi connectivity index (χ1v) is 2.10. The van der Waals surface area contributed by atoms with Crippen molar-refractivity contribution in [1.82, 2.24) is 0 Å². The second kappa shape index (κ2) is 3.64. The van der Waals surface area contributed by atoms with Gasteiger partial charge in [-0.05, 0) is 0 Å². The summed E-state index contributed by atoms with van der Waals surface area (Å²) in [5.74, 6) is 0. The van der Waals surface area contributed by atoms with E-state index in [9.17, 15) is 0 Å². The SMILES string of the molecule is [Se]N=N[Se]. The Morgan fingerprint density at radius 2 is 1.25 bits per heavy atom. The molecule has 0 saturated carbocycles. The third-order valence-electron chi connectivity index (χ3n) is 0.0333. The van der Waals surface area contributed by atoms with E-state index in [-0.39, 0.29) is 0 Å². The quantitative estimate of drug-likeness (QED) is 0.363. The number of hydrogen-bond acceptors (Lipinski definition) is 2. The fourth-order valence-corrected chi connectivity index (χ4v) is 0. The summed E-state index contributed by atoms with van der Waals surface area (Å²) in [6.45, 7) is 0. The topological polar surface area (TPSA) is 24.7 Å². The summed E-state index contributed by atoms with van der Waals surface area (Å²) in [6.07, 6.45) is 0. The summed E-state index contributed by atoms with van der Waals surface area (Å²) >= 11 is 4.64. The molecule has 0 aliphatic carbocycles. The van der Waals surface area contributed by atoms with E-state index < -0.39 is 0 Å². The van der Waals surface area contributed by atoms with Gasteiger partial charge in [0.2, 0.25) is 0 Å². The van der Waals surface area contributed by atoms with E-state index in [4.69, 9.17) is 0 Å². The van der Waals surface area contributed by atoms with Crippen LogP contribution in [0.1, 0.15) is 0 Å². The molecule has 0 bridgehead atoms. The van der Waals surface area contributed by atoms with Crippen LogP contribution in [0.2, 0.25) is 0 Å². The minimum absolute atomic E-state index is 2.32. The Labute approximate surface area is 41.1 Å². The van der Waals surface area contributed by atoms with E-state index in [0.29, 0.717) is 0 Å². The predicted octanol–water partition coefficient (Wildman–Crippen LogP) is -0.394. The van der Waals surface area contributed by atoms with Crippen LogP contribution in [0, 0.1) is 0 Å². The molecular formula is N2Se2. The summed E-state index contributed by atoms with van der Waals surface area (Å²) < 4.78 is 6.36. The van der Waals surface area contributed by atoms with Crippen LogP contribution in [0.5, 0.6) is 0 Å². The van der Waals surface area contributed by atoms with E-state index in [1.54, 1.807) is 0 Å². The molecule has 0 fully saturated rings. The molecule has 4 heteroatoms. The maximum atomic E-state index is 3.18. The summed E-state index contributed by atoms with van der Waals surface area (Å²) in [5, 5.41) is 0. The molecule has 2 nitrogen and oxygen atoms in total. The van der Waals surface area contributed by atoms with Gasteiger partial charge in [0.25, 0.3) is 0 Å². The number of rotatable bonds is 0. The fourth-order valence-electron chi connectivity index (χ4n) is 0. The molecule has 0 unspecified atom stereocenters. The summed E-state index contributed by atoms with van der Waals surface area (Å²) in [4.78, 5) is 0. The van der Waals surface area contributed by atoms with Crippen LogP contribution < -0.4 is 0 Å². The molecule has 0 N–H and O–H groups in total. The molecule has 0 aromatic rings. The van der Waals surface area contributed by atoms with Crippen LogP contribution in [0.15, 0.2) is 8.26 Å². The Balaban J connectivity index is 2.55. The first-order valence-electron chi connectivity index (χ1n) is 0.565. The second-order valence-corrected chi connectivity index (χ2v) is 0.849. The van der Waals surface area contributed by atoms with Crippen molar-refractivity contribution in [3.05, 3.63) is 0 Å². The normalized spacial score (nSPS) is 9.00. The van der Waals surface area contributed by atoms with Crippen LogP contribution in [-0.2, 0) is 0 Å². The fraction of sp³-hybridized carbons (Fsp3) is 0. The van der Waals surface area contributed by atoms with Crippen molar-refractivity contribution in [2.24, 2.45) is 8.26 Å². The molecule has 0 atom stereocenters. The summed E-state index contributed by atoms with van der Waals surface area (Å²) in [5.41, 5.74) is 0. The maximum absolute atomic E-state index is 3.18. The molecule has 0 aromatic heterocycles. The van der Waals surface area contributed by atoms with Crippen LogP contribution in [0.4, 0.5) is 0 Å². The van der Waals surface area contributed by atoms with Gasteiger partial charge in [-0.25, -0.2) is 0 Å². The number of nitrogens with zero attached hydrogens (tertiary/aromatic N) is 2. The average Bonchev–Trinajstić information content (AvgIpc) is 1.37. The average molecular weight is 186 g/mol. The van der Waals surface area contributed by atoms with E-state index in [1.165, 1.54) is 0 Å². The third kappa shape index (κ3) is 2.64. The van der Waals surface area contributed by atoms with Crippen molar-refractivity contribution in [1.29, 1.82) is 0 Å². The van der Waals surface area contributed by atoms with Crippen molar-refractivity contribution >= 4 is 32.5 Å². The summed E-state index contributed by atoms with van der Waals surface area (Å²) in [7, 11) is 0. The van der Waals surface area contributed by atoms with Gasteiger partial charge in [0.15, 0.2) is 0 Å². The van der Waals surface area contributed by atoms with Gasteiger partial charge < -0.3 is 0 Å². The zero-order valence-corrected chi connectivity index (χ0v) is 5.14. The molecule has 4 heavy (non-hydrogen) atoms. The third-order valence-corrected chi connectivity index (χ3v) is 0.900. The van der Waals surface area contributed by atoms with Gasteiger partial charge in [0, 0.05) is 0 Å². The van der Waals surface area contributed by atoms with Crippen molar-refractivity contribution in [2.45, 2.75) is 0 Å². The first kappa shape index (κ1) is 4.64. The Kier molecular flexibility index (Phi) is 4.22. The minimum atomic E-state index is 2.32. The van der Waals surface area contributed by atoms with Gasteiger partial charge in [-0.2, -0.15) is 0 Å². The van der Waals surface area contributed by atoms with Gasteiger partial charge in [-0.3, -0.25) is 0 Å². The van der Waals surface area contributed by atoms with Crippen molar-refractivity contribution in [3.63, 3.8) is 0 Å². The Hall–Kier alpha value is 0.639. The van der Waals surface area contributed by atoms with Gasteiger partial charge in [0.1, 0.15) is 0 Å². The van der Waals surface area contributed by atoms with Gasteiger partial charge in [0.05, 0.1) is 0 Å². The molecule has 2 radical (unpaired) electrons. The first-order chi connectivity index (χ1) is 1.91. The zero-order chi connectivity index (χ0) is 3.41. The molecule has 0 heterocycles. The van der Waals surface area contributed by atoms with Crippen LogP contribution in [0.3, 0.4) is 0 Å². The molecule has 22 valence electrons. The molecule has 0 aliphatic rings. The molecular weight excluding hydrogens is 186 g/mol. The van der Waals surface area contributed by atoms with Crippen LogP contribution >= 0.6 is 0 Å². The Bertz CT molecular complexity index is 19.2. The Morgan fingerprint density at radius 3 is 1.25 bits per heavy atom. The van der Waals surface area contributed by atoms with E-state index in [1.807, 2.05) is 0 Å². The Morgan fingerprint density at radius 1 is 1.00 bits per heavy atom. The molecule has 0 rings (SSSR count). The van der Waals surface area contributed by atoms with E-state index in [2.05, 4.69) is 40.7 Å². The number of hydrogen-bond donors (Lipinski definition) is 0. The van der Waals surface area contributed by atoms with E-state index in [0.717, 1.165) is 0 Å². The van der Waals surface area contributed by atoms with E-state index >= 15 is 0 Å². The van der Waals surface area contributed by atoms with Crippen LogP contribution in [0.25, 0.3) is 0 Å². The summed E-state index contributed by atoms with van der Waals surface area (Å²) in [6, 6.07) is 0. The molecule has 0 aromatic carbocycles. The van der Waals surface area contributed by atoms with Gasteiger partial charge >= 0.3 is 40.7 Å².